The van der Waals surface area contributed by atoms with Crippen molar-refractivity contribution in [1.29, 1.82) is 0 Å². The van der Waals surface area contributed by atoms with Crippen molar-refractivity contribution in [3.63, 3.8) is 0 Å². The Hall–Kier alpha value is -0.420. The van der Waals surface area contributed by atoms with Gasteiger partial charge >= 0.3 is 0 Å². The molecule has 2 rings (SSSR count). The second-order valence-electron chi connectivity index (χ2n) is 3.58. The van der Waals surface area contributed by atoms with Crippen molar-refractivity contribution < 1.29 is 4.79 Å². The van der Waals surface area contributed by atoms with E-state index in [1.54, 1.807) is 11.8 Å². The average Bonchev–Trinajstić information content (AvgIpc) is 2.81. The van der Waals surface area contributed by atoms with E-state index in [1.165, 1.54) is 0 Å². The molecule has 1 atom stereocenters. The number of benzene rings is 1. The van der Waals surface area contributed by atoms with Gasteiger partial charge in [0, 0.05) is 23.2 Å². The maximum atomic E-state index is 11.7. The van der Waals surface area contributed by atoms with E-state index < -0.39 is 0 Å². The summed E-state index contributed by atoms with van der Waals surface area (Å²) in [7, 11) is 0. The SMILES string of the molecule is Cl.O=C(NCc1ccccc1Cl)C1CSCN1. The third kappa shape index (κ3) is 4.07. The zero-order valence-corrected chi connectivity index (χ0v) is 11.5. The molecule has 1 saturated heterocycles. The van der Waals surface area contributed by atoms with Crippen LogP contribution in [0, 0.1) is 0 Å². The highest BCUT2D eigenvalue weighted by atomic mass is 35.5. The van der Waals surface area contributed by atoms with E-state index in [1.807, 2.05) is 24.3 Å². The van der Waals surface area contributed by atoms with Gasteiger partial charge in [0.25, 0.3) is 0 Å². The topological polar surface area (TPSA) is 41.1 Å². The Morgan fingerprint density at radius 3 is 2.94 bits per heavy atom. The molecule has 0 radical (unpaired) electrons. The molecule has 2 N–H and O–H groups in total. The molecule has 1 amide bonds. The van der Waals surface area contributed by atoms with Crippen LogP contribution in [0.15, 0.2) is 24.3 Å². The van der Waals surface area contributed by atoms with Gasteiger partial charge in [0.05, 0.1) is 6.04 Å². The predicted molar refractivity (Wildman–Crippen MR) is 74.8 cm³/mol. The van der Waals surface area contributed by atoms with Crippen LogP contribution in [-0.2, 0) is 11.3 Å². The zero-order valence-electron chi connectivity index (χ0n) is 9.11. The van der Waals surface area contributed by atoms with Crippen LogP contribution in [0.4, 0.5) is 0 Å². The van der Waals surface area contributed by atoms with Crippen molar-refractivity contribution in [2.75, 3.05) is 11.6 Å². The van der Waals surface area contributed by atoms with Gasteiger partial charge < -0.3 is 5.32 Å². The van der Waals surface area contributed by atoms with Crippen LogP contribution in [0.25, 0.3) is 0 Å². The Balaban J connectivity index is 0.00000144. The van der Waals surface area contributed by atoms with Crippen molar-refractivity contribution in [3.05, 3.63) is 34.9 Å². The van der Waals surface area contributed by atoms with Crippen LogP contribution in [-0.4, -0.2) is 23.6 Å². The van der Waals surface area contributed by atoms with Crippen LogP contribution < -0.4 is 10.6 Å². The third-order valence-electron chi connectivity index (χ3n) is 2.44. The van der Waals surface area contributed by atoms with Gasteiger partial charge in [0.1, 0.15) is 0 Å². The van der Waals surface area contributed by atoms with E-state index in [0.29, 0.717) is 11.6 Å². The molecule has 94 valence electrons. The highest BCUT2D eigenvalue weighted by Crippen LogP contribution is 2.15. The minimum atomic E-state index is -0.0625. The fourth-order valence-corrected chi connectivity index (χ4v) is 2.66. The lowest BCUT2D eigenvalue weighted by atomic mass is 10.2. The number of amides is 1. The third-order valence-corrected chi connectivity index (χ3v) is 3.75. The van der Waals surface area contributed by atoms with E-state index in [2.05, 4.69) is 10.6 Å². The summed E-state index contributed by atoms with van der Waals surface area (Å²) >= 11 is 7.73. The minimum absolute atomic E-state index is 0. The monoisotopic (exact) mass is 292 g/mol. The van der Waals surface area contributed by atoms with Crippen molar-refractivity contribution in [3.8, 4) is 0 Å². The van der Waals surface area contributed by atoms with Gasteiger partial charge in [-0.3, -0.25) is 10.1 Å². The van der Waals surface area contributed by atoms with E-state index in [-0.39, 0.29) is 24.4 Å². The molecule has 1 aliphatic rings. The molecule has 0 bridgehead atoms. The molecule has 1 unspecified atom stereocenters. The summed E-state index contributed by atoms with van der Waals surface area (Å²) in [5.74, 6) is 1.74. The number of halogens is 2. The first kappa shape index (κ1) is 14.6. The summed E-state index contributed by atoms with van der Waals surface area (Å²) in [4.78, 5) is 11.7. The summed E-state index contributed by atoms with van der Waals surface area (Å²) in [5, 5.41) is 6.70. The Bertz CT molecular complexity index is 383. The first-order valence-corrected chi connectivity index (χ1v) is 6.63. The molecule has 1 fully saturated rings. The number of hydrogen-bond acceptors (Lipinski definition) is 3. The number of carbonyl (C=O) groups excluding carboxylic acids is 1. The van der Waals surface area contributed by atoms with E-state index in [0.717, 1.165) is 17.2 Å². The van der Waals surface area contributed by atoms with Crippen LogP contribution in [0.5, 0.6) is 0 Å². The quantitative estimate of drug-likeness (QED) is 0.896. The second-order valence-corrected chi connectivity index (χ2v) is 5.02. The molecular weight excluding hydrogens is 279 g/mol. The maximum Gasteiger partial charge on any atom is 0.238 e. The minimum Gasteiger partial charge on any atom is -0.351 e. The number of thioether (sulfide) groups is 1. The molecule has 6 heteroatoms. The molecule has 1 aliphatic heterocycles. The van der Waals surface area contributed by atoms with Crippen LogP contribution >= 0.6 is 35.8 Å². The lowest BCUT2D eigenvalue weighted by Gasteiger charge is -2.11. The highest BCUT2D eigenvalue weighted by molar-refractivity contribution is 7.99. The van der Waals surface area contributed by atoms with Gasteiger partial charge in [-0.2, -0.15) is 0 Å². The van der Waals surface area contributed by atoms with Crippen molar-refractivity contribution in [2.24, 2.45) is 0 Å². The van der Waals surface area contributed by atoms with Gasteiger partial charge in [-0.15, -0.1) is 24.2 Å². The fourth-order valence-electron chi connectivity index (χ4n) is 1.51. The number of hydrogen-bond donors (Lipinski definition) is 2. The number of rotatable bonds is 3. The Labute approximate surface area is 116 Å². The van der Waals surface area contributed by atoms with Crippen molar-refractivity contribution >= 4 is 41.7 Å². The molecule has 0 aromatic heterocycles. The summed E-state index contributed by atoms with van der Waals surface area (Å²) in [6.45, 7) is 0.487. The molecular formula is C11H14Cl2N2OS. The number of nitrogens with one attached hydrogen (secondary N) is 2. The van der Waals surface area contributed by atoms with Crippen LogP contribution in [0.3, 0.4) is 0 Å². The molecule has 1 heterocycles. The van der Waals surface area contributed by atoms with Gasteiger partial charge in [-0.1, -0.05) is 29.8 Å². The average molecular weight is 293 g/mol. The summed E-state index contributed by atoms with van der Waals surface area (Å²) in [6.07, 6.45) is 0. The lowest BCUT2D eigenvalue weighted by molar-refractivity contribution is -0.122. The highest BCUT2D eigenvalue weighted by Gasteiger charge is 2.21. The van der Waals surface area contributed by atoms with Gasteiger partial charge in [0.2, 0.25) is 5.91 Å². The van der Waals surface area contributed by atoms with E-state index in [9.17, 15) is 4.79 Å². The van der Waals surface area contributed by atoms with E-state index in [4.69, 9.17) is 11.6 Å². The van der Waals surface area contributed by atoms with Crippen molar-refractivity contribution in [1.82, 2.24) is 10.6 Å². The van der Waals surface area contributed by atoms with Crippen molar-refractivity contribution in [2.45, 2.75) is 12.6 Å². The zero-order chi connectivity index (χ0) is 11.4. The van der Waals surface area contributed by atoms with Gasteiger partial charge in [0.15, 0.2) is 0 Å². The number of carbonyl (C=O) groups is 1. The molecule has 1 aromatic rings. The fraction of sp³-hybridized carbons (Fsp3) is 0.364. The second kappa shape index (κ2) is 7.11. The first-order chi connectivity index (χ1) is 7.77. The Kier molecular flexibility index (Phi) is 6.12. The molecule has 0 aliphatic carbocycles. The Morgan fingerprint density at radius 1 is 1.53 bits per heavy atom. The predicted octanol–water partition coefficient (Wildman–Crippen LogP) is 2.04. The lowest BCUT2D eigenvalue weighted by Crippen LogP contribution is -2.41. The van der Waals surface area contributed by atoms with Gasteiger partial charge in [-0.05, 0) is 11.6 Å². The molecule has 0 spiro atoms. The Morgan fingerprint density at radius 2 is 2.29 bits per heavy atom. The van der Waals surface area contributed by atoms with E-state index >= 15 is 0 Å². The maximum absolute atomic E-state index is 11.7. The molecule has 0 saturated carbocycles. The normalized spacial score (nSPS) is 18.5. The summed E-state index contributed by atoms with van der Waals surface area (Å²) < 4.78 is 0. The first-order valence-electron chi connectivity index (χ1n) is 5.09. The molecule has 3 nitrogen and oxygen atoms in total. The smallest absolute Gasteiger partial charge is 0.238 e. The summed E-state index contributed by atoms with van der Waals surface area (Å²) in [6, 6.07) is 7.47. The molecule has 1 aromatic carbocycles. The molecule has 17 heavy (non-hydrogen) atoms. The van der Waals surface area contributed by atoms with Crippen LogP contribution in [0.1, 0.15) is 5.56 Å². The largest absolute Gasteiger partial charge is 0.351 e. The summed E-state index contributed by atoms with van der Waals surface area (Å²) in [5.41, 5.74) is 0.947. The standard InChI is InChI=1S/C11H13ClN2OS.ClH/c12-9-4-2-1-3-8(9)5-13-11(15)10-6-16-7-14-10;/h1-4,10,14H,5-7H2,(H,13,15);1H. The van der Waals surface area contributed by atoms with Gasteiger partial charge in [-0.25, -0.2) is 0 Å². The van der Waals surface area contributed by atoms with Crippen LogP contribution in [0.2, 0.25) is 5.02 Å².